The summed E-state index contributed by atoms with van der Waals surface area (Å²) in [5.41, 5.74) is 9.82. The summed E-state index contributed by atoms with van der Waals surface area (Å²) in [6.07, 6.45) is 2.12. The zero-order valence-electron chi connectivity index (χ0n) is 15.6. The van der Waals surface area contributed by atoms with Crippen molar-refractivity contribution in [2.45, 2.75) is 32.1 Å². The van der Waals surface area contributed by atoms with Crippen LogP contribution >= 0.6 is 11.3 Å². The van der Waals surface area contributed by atoms with Crippen molar-refractivity contribution in [3.63, 3.8) is 0 Å². The normalized spacial score (nSPS) is 14.9. The lowest BCUT2D eigenvalue weighted by Crippen LogP contribution is -2.32. The number of nitrogen functional groups attached to an aromatic ring is 1. The highest BCUT2D eigenvalue weighted by atomic mass is 32.1. The van der Waals surface area contributed by atoms with Crippen LogP contribution in [0, 0.1) is 13.8 Å². The lowest BCUT2D eigenvalue weighted by molar-refractivity contribution is 0.0954. The van der Waals surface area contributed by atoms with Gasteiger partial charge in [-0.25, -0.2) is 0 Å². The van der Waals surface area contributed by atoms with E-state index in [0.29, 0.717) is 21.9 Å². The summed E-state index contributed by atoms with van der Waals surface area (Å²) in [5, 5.41) is 12.2. The Labute approximate surface area is 161 Å². The van der Waals surface area contributed by atoms with Crippen molar-refractivity contribution in [1.29, 1.82) is 0 Å². The molecule has 1 fully saturated rings. The number of methoxy groups -OCH3 is 1. The van der Waals surface area contributed by atoms with Crippen LogP contribution in [0.3, 0.4) is 0 Å². The number of anilines is 1. The number of aromatic nitrogens is 2. The number of nitrogens with zero attached hydrogens (tertiary/aromatic N) is 2. The summed E-state index contributed by atoms with van der Waals surface area (Å²) in [7, 11) is 1.66. The Kier molecular flexibility index (Phi) is 4.26. The van der Waals surface area contributed by atoms with Gasteiger partial charge in [-0.15, -0.1) is 16.4 Å². The van der Waals surface area contributed by atoms with E-state index in [-0.39, 0.29) is 11.3 Å². The minimum atomic E-state index is -0.146. The van der Waals surface area contributed by atoms with Gasteiger partial charge in [0.05, 0.1) is 18.5 Å². The maximum atomic E-state index is 12.8. The fourth-order valence-corrected chi connectivity index (χ4v) is 4.42. The van der Waals surface area contributed by atoms with Crippen molar-refractivity contribution in [1.82, 2.24) is 15.5 Å². The molecule has 2 heterocycles. The number of rotatable bonds is 5. The molecule has 0 atom stereocenters. The molecule has 3 aromatic rings. The number of aryl methyl sites for hydroxylation is 2. The van der Waals surface area contributed by atoms with Gasteiger partial charge in [-0.2, -0.15) is 5.10 Å². The van der Waals surface area contributed by atoms with Gasteiger partial charge >= 0.3 is 0 Å². The molecule has 1 aliphatic carbocycles. The molecule has 7 heteroatoms. The van der Waals surface area contributed by atoms with Crippen molar-refractivity contribution in [3.05, 3.63) is 46.0 Å². The van der Waals surface area contributed by atoms with Crippen LogP contribution in [0.2, 0.25) is 0 Å². The lowest BCUT2D eigenvalue weighted by atomic mass is 9.96. The van der Waals surface area contributed by atoms with E-state index in [0.717, 1.165) is 35.2 Å². The van der Waals surface area contributed by atoms with E-state index in [2.05, 4.69) is 27.6 Å². The highest BCUT2D eigenvalue weighted by Crippen LogP contribution is 2.48. The maximum absolute atomic E-state index is 12.8. The van der Waals surface area contributed by atoms with Crippen LogP contribution in [0.5, 0.6) is 5.75 Å². The Morgan fingerprint density at radius 3 is 2.59 bits per heavy atom. The second-order valence-electron chi connectivity index (χ2n) is 7.13. The van der Waals surface area contributed by atoms with E-state index in [4.69, 9.17) is 10.5 Å². The average Bonchev–Trinajstić information content (AvgIpc) is 3.40. The fourth-order valence-electron chi connectivity index (χ4n) is 3.40. The van der Waals surface area contributed by atoms with Crippen molar-refractivity contribution < 1.29 is 9.53 Å². The second-order valence-corrected chi connectivity index (χ2v) is 8.13. The number of amides is 1. The van der Waals surface area contributed by atoms with Crippen LogP contribution in [0.25, 0.3) is 10.2 Å². The first-order valence-corrected chi connectivity index (χ1v) is 9.71. The number of nitrogens with two attached hydrogens (primary N) is 1. The van der Waals surface area contributed by atoms with Gasteiger partial charge in [-0.1, -0.05) is 12.1 Å². The highest BCUT2D eigenvalue weighted by Gasteiger charge is 2.44. The van der Waals surface area contributed by atoms with Crippen LogP contribution in [0.4, 0.5) is 5.69 Å². The molecule has 1 amide bonds. The zero-order valence-corrected chi connectivity index (χ0v) is 16.4. The van der Waals surface area contributed by atoms with E-state index in [9.17, 15) is 4.79 Å². The van der Waals surface area contributed by atoms with Gasteiger partial charge in [0.1, 0.15) is 15.5 Å². The first-order valence-electron chi connectivity index (χ1n) is 8.90. The van der Waals surface area contributed by atoms with Crippen LogP contribution in [0.1, 0.15) is 39.3 Å². The Hall–Kier alpha value is -2.67. The van der Waals surface area contributed by atoms with E-state index >= 15 is 0 Å². The van der Waals surface area contributed by atoms with Crippen LogP contribution in [-0.2, 0) is 5.41 Å². The second kappa shape index (κ2) is 6.49. The largest absolute Gasteiger partial charge is 0.497 e. The first kappa shape index (κ1) is 17.7. The molecule has 0 unspecified atom stereocenters. The van der Waals surface area contributed by atoms with Crippen molar-refractivity contribution in [3.8, 4) is 5.75 Å². The van der Waals surface area contributed by atoms with E-state index in [1.807, 2.05) is 26.0 Å². The summed E-state index contributed by atoms with van der Waals surface area (Å²) < 4.78 is 5.22. The molecule has 0 aliphatic heterocycles. The van der Waals surface area contributed by atoms with E-state index in [1.165, 1.54) is 16.9 Å². The van der Waals surface area contributed by atoms with Gasteiger partial charge in [0.2, 0.25) is 0 Å². The van der Waals surface area contributed by atoms with Crippen molar-refractivity contribution >= 4 is 33.1 Å². The molecule has 0 bridgehead atoms. The number of nitrogens with one attached hydrogen (secondary N) is 1. The molecule has 140 valence electrons. The monoisotopic (exact) mass is 382 g/mol. The summed E-state index contributed by atoms with van der Waals surface area (Å²) in [5.74, 6) is 0.691. The Morgan fingerprint density at radius 2 is 1.96 bits per heavy atom. The van der Waals surface area contributed by atoms with Crippen LogP contribution < -0.4 is 15.8 Å². The minimum Gasteiger partial charge on any atom is -0.497 e. The number of hydrogen-bond acceptors (Lipinski definition) is 6. The molecular formula is C20H22N4O2S. The molecule has 3 N–H and O–H groups in total. The van der Waals surface area contributed by atoms with E-state index < -0.39 is 0 Å². The minimum absolute atomic E-state index is 0.0136. The molecule has 0 saturated heterocycles. The third-order valence-electron chi connectivity index (χ3n) is 5.48. The summed E-state index contributed by atoms with van der Waals surface area (Å²) >= 11 is 1.30. The third kappa shape index (κ3) is 3.02. The molecule has 1 saturated carbocycles. The van der Waals surface area contributed by atoms with E-state index in [1.54, 1.807) is 7.11 Å². The number of carbonyl (C=O) groups is 1. The number of benzene rings is 1. The van der Waals surface area contributed by atoms with Gasteiger partial charge < -0.3 is 15.8 Å². The maximum Gasteiger partial charge on any atom is 0.263 e. The van der Waals surface area contributed by atoms with Gasteiger partial charge in [-0.05, 0) is 49.9 Å². The highest BCUT2D eigenvalue weighted by molar-refractivity contribution is 7.21. The fraction of sp³-hybridized carbons (Fsp3) is 0.350. The third-order valence-corrected chi connectivity index (χ3v) is 6.57. The van der Waals surface area contributed by atoms with Gasteiger partial charge in [0, 0.05) is 17.3 Å². The number of ether oxygens (including phenoxy) is 1. The Bertz CT molecular complexity index is 1020. The standard InChI is InChI=1S/C20H22N4O2S/c1-11-12(2)23-24-19-15(11)16(21)17(27-19)18(25)22-10-20(8-9-20)13-4-6-14(26-3)7-5-13/h4-7H,8-10,21H2,1-3H3,(H,22,25). The number of hydrogen-bond donors (Lipinski definition) is 2. The number of fused-ring (bicyclic) bond motifs is 1. The molecular weight excluding hydrogens is 360 g/mol. The summed E-state index contributed by atoms with van der Waals surface area (Å²) in [6, 6.07) is 8.08. The smallest absolute Gasteiger partial charge is 0.263 e. The predicted octanol–water partition coefficient (Wildman–Crippen LogP) is 3.36. The molecule has 2 aromatic heterocycles. The number of thiophene rings is 1. The topological polar surface area (TPSA) is 90.1 Å². The molecule has 4 rings (SSSR count). The number of carbonyl (C=O) groups excluding carboxylic acids is 1. The van der Waals surface area contributed by atoms with Crippen molar-refractivity contribution in [2.75, 3.05) is 19.4 Å². The first-order chi connectivity index (χ1) is 12.9. The molecule has 0 radical (unpaired) electrons. The zero-order chi connectivity index (χ0) is 19.2. The Balaban J connectivity index is 1.54. The quantitative estimate of drug-likeness (QED) is 0.706. The SMILES string of the molecule is COc1ccc(C2(CNC(=O)c3sc4nnc(C)c(C)c4c3N)CC2)cc1. The summed E-state index contributed by atoms with van der Waals surface area (Å²) in [4.78, 5) is 14.0. The lowest BCUT2D eigenvalue weighted by Gasteiger charge is -2.17. The van der Waals surface area contributed by atoms with Gasteiger partial charge in [0.25, 0.3) is 5.91 Å². The summed E-state index contributed by atoms with van der Waals surface area (Å²) in [6.45, 7) is 4.44. The molecule has 0 spiro atoms. The van der Waals surface area contributed by atoms with Gasteiger partial charge in [-0.3, -0.25) is 4.79 Å². The predicted molar refractivity (Wildman–Crippen MR) is 108 cm³/mol. The molecule has 6 nitrogen and oxygen atoms in total. The average molecular weight is 382 g/mol. The molecule has 27 heavy (non-hydrogen) atoms. The molecule has 1 aromatic carbocycles. The Morgan fingerprint density at radius 1 is 1.26 bits per heavy atom. The molecule has 1 aliphatic rings. The van der Waals surface area contributed by atoms with Crippen molar-refractivity contribution in [2.24, 2.45) is 0 Å². The van der Waals surface area contributed by atoms with Crippen LogP contribution in [-0.4, -0.2) is 29.8 Å². The van der Waals surface area contributed by atoms with Crippen LogP contribution in [0.15, 0.2) is 24.3 Å². The van der Waals surface area contributed by atoms with Gasteiger partial charge in [0.15, 0.2) is 0 Å².